The van der Waals surface area contributed by atoms with Crippen molar-refractivity contribution < 1.29 is 1.37 Å². The van der Waals surface area contributed by atoms with Gasteiger partial charge in [0, 0.05) is 1.37 Å². The molecule has 0 rings (SSSR count). The van der Waals surface area contributed by atoms with E-state index in [9.17, 15) is 0 Å². The van der Waals surface area contributed by atoms with Crippen LogP contribution in [0, 0.1) is 0 Å². The Bertz CT molecular complexity index is 23.1. The average molecular weight is 74.2 g/mol. The topological polar surface area (TPSA) is 0 Å². The van der Waals surface area contributed by atoms with Gasteiger partial charge >= 0.3 is 0 Å². The van der Waals surface area contributed by atoms with Gasteiger partial charge < -0.3 is 0 Å². The Kier molecular flexibility index (Phi) is 2.56. The normalized spacial score (nSPS) is 12.2. The van der Waals surface area contributed by atoms with Crippen LogP contribution in [-0.2, 0) is 0 Å². The summed E-state index contributed by atoms with van der Waals surface area (Å²) in [5.74, 6) is 0. The van der Waals surface area contributed by atoms with Crippen LogP contribution < -0.4 is 0 Å². The van der Waals surface area contributed by atoms with E-state index in [2.05, 4.69) is 0 Å². The van der Waals surface area contributed by atoms with Crippen molar-refractivity contribution in [3.8, 4) is 0 Å². The van der Waals surface area contributed by atoms with Crippen LogP contribution in [0.5, 0.6) is 0 Å². The summed E-state index contributed by atoms with van der Waals surface area (Å²) < 4.78 is 7.07. The molecule has 0 aromatic carbocycles. The van der Waals surface area contributed by atoms with Gasteiger partial charge in [-0.3, -0.25) is 0 Å². The lowest BCUT2D eigenvalue weighted by Crippen LogP contribution is -1.59. The first-order valence-electron chi connectivity index (χ1n) is 2.81. The van der Waals surface area contributed by atoms with E-state index in [4.69, 9.17) is 1.37 Å². The third-order valence-corrected chi connectivity index (χ3v) is 0.577. The second-order valence-electron chi connectivity index (χ2n) is 1.11. The monoisotopic (exact) mass is 74.1 g/mol. The van der Waals surface area contributed by atoms with Crippen LogP contribution in [0.2, 0.25) is 0 Å². The molecule has 0 heterocycles. The zero-order valence-electron chi connectivity index (χ0n) is 4.99. The summed E-state index contributed by atoms with van der Waals surface area (Å²) >= 11 is 0. The van der Waals surface area contributed by atoms with Crippen molar-refractivity contribution in [1.29, 1.82) is 0 Å². The van der Waals surface area contributed by atoms with E-state index < -0.39 is 0 Å². The fraction of sp³-hybridized carbons (Fsp3) is 1.00. The van der Waals surface area contributed by atoms with Crippen molar-refractivity contribution in [2.75, 3.05) is 0 Å². The van der Waals surface area contributed by atoms with Gasteiger partial charge in [0.25, 0.3) is 0 Å². The fourth-order valence-electron chi connectivity index (χ4n) is 0.289. The minimum atomic E-state index is 0.185. The van der Waals surface area contributed by atoms with Gasteiger partial charge in [0.15, 0.2) is 0 Å². The third-order valence-electron chi connectivity index (χ3n) is 0.577. The molecule has 0 aliphatic rings. The molecule has 0 bridgehead atoms. The minimum absolute atomic E-state index is 0.185. The largest absolute Gasteiger partial charge is 0.0654 e. The molecule has 0 aromatic rings. The maximum atomic E-state index is 7.07. The van der Waals surface area contributed by atoms with Crippen molar-refractivity contribution in [1.82, 2.24) is 0 Å². The minimum Gasteiger partial charge on any atom is -0.0654 e. The maximum absolute atomic E-state index is 7.07. The quantitative estimate of drug-likeness (QED) is 0.471. The first-order valence-corrected chi connectivity index (χ1v) is 2.23. The van der Waals surface area contributed by atoms with E-state index in [0.717, 1.165) is 12.8 Å². The molecule has 0 fully saturated rings. The molecule has 0 N–H and O–H groups in total. The van der Waals surface area contributed by atoms with Gasteiger partial charge in [-0.25, -0.2) is 0 Å². The first-order chi connectivity index (χ1) is 2.81. The molecule has 0 nitrogen and oxygen atoms in total. The predicted octanol–water partition coefficient (Wildman–Crippen LogP) is 2.20. The van der Waals surface area contributed by atoms with Crippen LogP contribution in [0.25, 0.3) is 0 Å². The first kappa shape index (κ1) is 3.20. The smallest absolute Gasteiger partial charge is 0.0266 e. The second-order valence-corrected chi connectivity index (χ2v) is 1.11. The summed E-state index contributed by atoms with van der Waals surface area (Å²) in [5, 5.41) is 0. The number of rotatable bonds is 2. The molecule has 0 heteroatoms. The van der Waals surface area contributed by atoms with E-state index in [1.165, 1.54) is 0 Å². The van der Waals surface area contributed by atoms with Gasteiger partial charge in [-0.15, -0.1) is 0 Å². The summed E-state index contributed by atoms with van der Waals surface area (Å²) in [6, 6.07) is 0. The highest BCUT2D eigenvalue weighted by molar-refractivity contribution is 4.24. The van der Waals surface area contributed by atoms with Gasteiger partial charge in [-0.05, 0) is 0 Å². The third kappa shape index (κ3) is 4.00. The average Bonchev–Trinajstić information content (AvgIpc) is 1.65. The lowest BCUT2D eigenvalue weighted by atomic mass is 10.3. The van der Waals surface area contributed by atoms with E-state index in [0.29, 0.717) is 0 Å². The second kappa shape index (κ2) is 4.00. The Labute approximate surface area is 35.6 Å². The van der Waals surface area contributed by atoms with Crippen LogP contribution in [0.3, 0.4) is 0 Å². The highest BCUT2D eigenvalue weighted by atomic mass is 13.7. The van der Waals surface area contributed by atoms with E-state index in [1.807, 2.05) is 13.8 Å². The molecule has 0 amide bonds. The Balaban J connectivity index is 2.75. The molecule has 0 radical (unpaired) electrons. The molecular weight excluding hydrogens is 60.1 g/mol. The summed E-state index contributed by atoms with van der Waals surface area (Å²) in [4.78, 5) is 0. The Morgan fingerprint density at radius 3 is 1.80 bits per heavy atom. The van der Waals surface area contributed by atoms with Gasteiger partial charge in [-0.1, -0.05) is 33.1 Å². The van der Waals surface area contributed by atoms with Gasteiger partial charge in [0.05, 0.1) is 0 Å². The van der Waals surface area contributed by atoms with Crippen LogP contribution in [0.1, 0.15) is 34.5 Å². The van der Waals surface area contributed by atoms with Crippen LogP contribution in [0.15, 0.2) is 0 Å². The molecule has 0 saturated heterocycles. The molecule has 0 saturated carbocycles. The summed E-state index contributed by atoms with van der Waals surface area (Å²) in [7, 11) is 0. The Hall–Kier alpha value is 0. The standard InChI is InChI=1S/C5H12/c1-3-5-4-2/h3-5H2,1-2H3/i5T. The molecule has 0 unspecified atom stereocenters. The van der Waals surface area contributed by atoms with Crippen molar-refractivity contribution in [3.05, 3.63) is 0 Å². The fourth-order valence-corrected chi connectivity index (χ4v) is 0.289. The van der Waals surface area contributed by atoms with Crippen LogP contribution in [0.4, 0.5) is 0 Å². The molecule has 0 aliphatic carbocycles. The van der Waals surface area contributed by atoms with Crippen molar-refractivity contribution >= 4 is 0 Å². The SMILES string of the molecule is [3H]C(CC)CC. The number of hydrogen-bond acceptors (Lipinski definition) is 0. The van der Waals surface area contributed by atoms with E-state index in [1.54, 1.807) is 0 Å². The van der Waals surface area contributed by atoms with Gasteiger partial charge in [0.1, 0.15) is 0 Å². The zero-order chi connectivity index (χ0) is 4.99. The summed E-state index contributed by atoms with van der Waals surface area (Å²) in [5.41, 5.74) is 0. The molecule has 32 valence electrons. The Morgan fingerprint density at radius 1 is 1.40 bits per heavy atom. The van der Waals surface area contributed by atoms with Crippen LogP contribution >= 0.6 is 0 Å². The molecule has 5 heavy (non-hydrogen) atoms. The summed E-state index contributed by atoms with van der Waals surface area (Å²) in [6.45, 7) is 4.09. The molecule has 0 atom stereocenters. The Morgan fingerprint density at radius 2 is 1.80 bits per heavy atom. The molecule has 0 aromatic heterocycles. The highest BCUT2D eigenvalue weighted by Gasteiger charge is 1.68. The lowest BCUT2D eigenvalue weighted by molar-refractivity contribution is 0.772. The van der Waals surface area contributed by atoms with Crippen molar-refractivity contribution in [2.45, 2.75) is 33.1 Å². The van der Waals surface area contributed by atoms with Gasteiger partial charge in [0.2, 0.25) is 0 Å². The van der Waals surface area contributed by atoms with Gasteiger partial charge in [-0.2, -0.15) is 0 Å². The predicted molar refractivity (Wildman–Crippen MR) is 25.2 cm³/mol. The summed E-state index contributed by atoms with van der Waals surface area (Å²) in [6.07, 6.45) is 2.18. The highest BCUT2D eigenvalue weighted by Crippen LogP contribution is 1.88. The van der Waals surface area contributed by atoms with Crippen molar-refractivity contribution in [3.63, 3.8) is 0 Å². The number of hydrogen-bond donors (Lipinski definition) is 0. The van der Waals surface area contributed by atoms with Crippen LogP contribution in [-0.4, -0.2) is 0 Å². The molecule has 0 spiro atoms. The zero-order valence-corrected chi connectivity index (χ0v) is 3.99. The molecule has 0 aliphatic heterocycles. The van der Waals surface area contributed by atoms with E-state index in [-0.39, 0.29) is 6.40 Å². The van der Waals surface area contributed by atoms with Crippen molar-refractivity contribution in [2.24, 2.45) is 0 Å². The maximum Gasteiger partial charge on any atom is 0.0266 e. The molecular formula is C5H12. The lowest BCUT2D eigenvalue weighted by Gasteiger charge is -1.79. The van der Waals surface area contributed by atoms with E-state index >= 15 is 0 Å².